The summed E-state index contributed by atoms with van der Waals surface area (Å²) in [7, 11) is 0. The van der Waals surface area contributed by atoms with E-state index in [2.05, 4.69) is 28.3 Å². The molecule has 16 heavy (non-hydrogen) atoms. The van der Waals surface area contributed by atoms with Crippen LogP contribution in [0.1, 0.15) is 30.1 Å². The van der Waals surface area contributed by atoms with E-state index in [1.54, 1.807) is 0 Å². The second-order valence-electron chi connectivity index (χ2n) is 4.50. The van der Waals surface area contributed by atoms with Crippen molar-refractivity contribution in [1.29, 1.82) is 0 Å². The highest BCUT2D eigenvalue weighted by Gasteiger charge is 2.18. The van der Waals surface area contributed by atoms with E-state index in [9.17, 15) is 0 Å². The molecule has 0 bridgehead atoms. The number of piperidine rings is 1. The summed E-state index contributed by atoms with van der Waals surface area (Å²) in [6.45, 7) is 6.13. The van der Waals surface area contributed by atoms with Crippen molar-refractivity contribution in [2.75, 3.05) is 13.1 Å². The van der Waals surface area contributed by atoms with Crippen LogP contribution < -0.4 is 5.32 Å². The zero-order valence-electron chi connectivity index (χ0n) is 9.29. The summed E-state index contributed by atoms with van der Waals surface area (Å²) in [5.74, 6) is 1.73. The molecule has 3 nitrogen and oxygen atoms in total. The SMILES string of the molecule is [CH2]c1ccc2[nH]c(C3CCNCC3)nc2c1. The molecule has 0 amide bonds. The number of rotatable bonds is 1. The Hall–Kier alpha value is -1.35. The lowest BCUT2D eigenvalue weighted by molar-refractivity contribution is 0.448. The molecule has 2 aromatic rings. The van der Waals surface area contributed by atoms with Crippen LogP contribution in [0.15, 0.2) is 18.2 Å². The lowest BCUT2D eigenvalue weighted by Gasteiger charge is -2.20. The van der Waals surface area contributed by atoms with Gasteiger partial charge < -0.3 is 10.3 Å². The molecule has 2 heterocycles. The summed E-state index contributed by atoms with van der Waals surface area (Å²) >= 11 is 0. The Morgan fingerprint density at radius 1 is 1.25 bits per heavy atom. The lowest BCUT2D eigenvalue weighted by Crippen LogP contribution is -2.27. The van der Waals surface area contributed by atoms with Crippen molar-refractivity contribution >= 4 is 11.0 Å². The van der Waals surface area contributed by atoms with Gasteiger partial charge in [-0.05, 0) is 50.6 Å². The Labute approximate surface area is 95.3 Å². The van der Waals surface area contributed by atoms with Gasteiger partial charge in [-0.15, -0.1) is 0 Å². The summed E-state index contributed by atoms with van der Waals surface area (Å²) in [5, 5.41) is 3.38. The number of benzene rings is 1. The van der Waals surface area contributed by atoms with Gasteiger partial charge in [0, 0.05) is 5.92 Å². The molecule has 0 saturated carbocycles. The molecule has 1 aromatic carbocycles. The standard InChI is InChI=1S/C13H16N3/c1-9-2-3-11-12(8-9)16-13(15-11)10-4-6-14-7-5-10/h2-3,8,10,14H,1,4-7H2,(H,15,16). The van der Waals surface area contributed by atoms with Gasteiger partial charge in [-0.3, -0.25) is 0 Å². The van der Waals surface area contributed by atoms with Crippen LogP contribution in [0.2, 0.25) is 0 Å². The first-order valence-electron chi connectivity index (χ1n) is 5.85. The molecular weight excluding hydrogens is 198 g/mol. The first-order valence-corrected chi connectivity index (χ1v) is 5.85. The third kappa shape index (κ3) is 1.71. The minimum absolute atomic E-state index is 0.585. The van der Waals surface area contributed by atoms with Gasteiger partial charge >= 0.3 is 0 Å². The second-order valence-corrected chi connectivity index (χ2v) is 4.50. The van der Waals surface area contributed by atoms with Crippen molar-refractivity contribution in [2.24, 2.45) is 0 Å². The predicted octanol–water partition coefficient (Wildman–Crippen LogP) is 2.21. The molecule has 1 aromatic heterocycles. The van der Waals surface area contributed by atoms with Crippen LogP contribution in [0.25, 0.3) is 11.0 Å². The zero-order chi connectivity index (χ0) is 11.0. The number of nitrogens with zero attached hydrogens (tertiary/aromatic N) is 1. The maximum atomic E-state index is 4.67. The number of fused-ring (bicyclic) bond motifs is 1. The molecule has 0 spiro atoms. The van der Waals surface area contributed by atoms with Crippen molar-refractivity contribution in [3.05, 3.63) is 36.5 Å². The molecule has 1 saturated heterocycles. The summed E-state index contributed by atoms with van der Waals surface area (Å²) < 4.78 is 0. The first-order chi connectivity index (χ1) is 7.83. The largest absolute Gasteiger partial charge is 0.342 e. The van der Waals surface area contributed by atoms with Gasteiger partial charge in [0.15, 0.2) is 0 Å². The molecule has 0 aliphatic carbocycles. The minimum Gasteiger partial charge on any atom is -0.342 e. The lowest BCUT2D eigenvalue weighted by atomic mass is 9.98. The number of nitrogens with one attached hydrogen (secondary N) is 2. The van der Waals surface area contributed by atoms with Gasteiger partial charge in [0.25, 0.3) is 0 Å². The minimum atomic E-state index is 0.585. The normalized spacial score (nSPS) is 18.1. The topological polar surface area (TPSA) is 40.7 Å². The van der Waals surface area contributed by atoms with Gasteiger partial charge in [0.2, 0.25) is 0 Å². The number of hydrogen-bond donors (Lipinski definition) is 2. The average Bonchev–Trinajstić information content (AvgIpc) is 2.73. The van der Waals surface area contributed by atoms with Crippen molar-refractivity contribution < 1.29 is 0 Å². The highest BCUT2D eigenvalue weighted by Crippen LogP contribution is 2.25. The molecule has 83 valence electrons. The zero-order valence-corrected chi connectivity index (χ0v) is 9.29. The first kappa shape index (κ1) is 9.85. The van der Waals surface area contributed by atoms with Gasteiger partial charge in [-0.2, -0.15) is 0 Å². The van der Waals surface area contributed by atoms with E-state index < -0.39 is 0 Å². The number of aromatic nitrogens is 2. The molecule has 0 atom stereocenters. The van der Waals surface area contributed by atoms with Crippen LogP contribution in [-0.4, -0.2) is 23.1 Å². The number of imidazole rings is 1. The predicted molar refractivity (Wildman–Crippen MR) is 65.4 cm³/mol. The highest BCUT2D eigenvalue weighted by atomic mass is 14.9. The van der Waals surface area contributed by atoms with Gasteiger partial charge in [-0.1, -0.05) is 6.07 Å². The van der Waals surface area contributed by atoms with Crippen molar-refractivity contribution in [3.63, 3.8) is 0 Å². The van der Waals surface area contributed by atoms with Gasteiger partial charge in [0.05, 0.1) is 11.0 Å². The molecule has 1 aliphatic rings. The van der Waals surface area contributed by atoms with E-state index in [0.717, 1.165) is 35.5 Å². The van der Waals surface area contributed by atoms with Crippen LogP contribution in [0.4, 0.5) is 0 Å². The molecule has 3 rings (SSSR count). The number of aromatic amines is 1. The van der Waals surface area contributed by atoms with Crippen molar-refractivity contribution in [1.82, 2.24) is 15.3 Å². The Kier molecular flexibility index (Phi) is 2.40. The Morgan fingerprint density at radius 2 is 2.06 bits per heavy atom. The third-order valence-corrected chi connectivity index (χ3v) is 3.29. The van der Waals surface area contributed by atoms with E-state index in [1.165, 1.54) is 12.8 Å². The van der Waals surface area contributed by atoms with Crippen molar-refractivity contribution in [3.8, 4) is 0 Å². The quantitative estimate of drug-likeness (QED) is 0.764. The Morgan fingerprint density at radius 3 is 2.88 bits per heavy atom. The van der Waals surface area contributed by atoms with E-state index in [4.69, 9.17) is 0 Å². The fraction of sp³-hybridized carbons (Fsp3) is 0.385. The molecular formula is C13H16N3. The summed E-state index contributed by atoms with van der Waals surface area (Å²) in [5.41, 5.74) is 3.19. The van der Waals surface area contributed by atoms with E-state index >= 15 is 0 Å². The van der Waals surface area contributed by atoms with Crippen LogP contribution in [-0.2, 0) is 0 Å². The molecule has 1 aliphatic heterocycles. The Balaban J connectivity index is 1.97. The van der Waals surface area contributed by atoms with Crippen LogP contribution in [0.5, 0.6) is 0 Å². The fourth-order valence-electron chi connectivity index (χ4n) is 2.36. The smallest absolute Gasteiger partial charge is 0.110 e. The number of hydrogen-bond acceptors (Lipinski definition) is 2. The summed E-state index contributed by atoms with van der Waals surface area (Å²) in [6, 6.07) is 6.12. The van der Waals surface area contributed by atoms with E-state index in [0.29, 0.717) is 5.92 Å². The van der Waals surface area contributed by atoms with Gasteiger partial charge in [-0.25, -0.2) is 4.98 Å². The monoisotopic (exact) mass is 214 g/mol. The van der Waals surface area contributed by atoms with Crippen LogP contribution >= 0.6 is 0 Å². The fourth-order valence-corrected chi connectivity index (χ4v) is 2.36. The summed E-state index contributed by atoms with van der Waals surface area (Å²) in [4.78, 5) is 8.10. The van der Waals surface area contributed by atoms with E-state index in [1.807, 2.05) is 12.1 Å². The summed E-state index contributed by atoms with van der Waals surface area (Å²) in [6.07, 6.45) is 2.36. The number of H-pyrrole nitrogens is 1. The van der Waals surface area contributed by atoms with Gasteiger partial charge in [0.1, 0.15) is 5.82 Å². The maximum absolute atomic E-state index is 4.67. The second kappa shape index (κ2) is 3.91. The van der Waals surface area contributed by atoms with Crippen molar-refractivity contribution in [2.45, 2.75) is 18.8 Å². The molecule has 1 radical (unpaired) electrons. The molecule has 3 heteroatoms. The van der Waals surface area contributed by atoms with E-state index in [-0.39, 0.29) is 0 Å². The average molecular weight is 214 g/mol. The Bertz CT molecular complexity index is 495. The highest BCUT2D eigenvalue weighted by molar-refractivity contribution is 5.76. The van der Waals surface area contributed by atoms with Crippen LogP contribution in [0, 0.1) is 6.92 Å². The molecule has 2 N–H and O–H groups in total. The van der Waals surface area contributed by atoms with Crippen LogP contribution in [0.3, 0.4) is 0 Å². The molecule has 0 unspecified atom stereocenters. The molecule has 1 fully saturated rings. The maximum Gasteiger partial charge on any atom is 0.110 e. The third-order valence-electron chi connectivity index (χ3n) is 3.29.